The lowest BCUT2D eigenvalue weighted by Crippen LogP contribution is -2.25. The van der Waals surface area contributed by atoms with Gasteiger partial charge in [-0.05, 0) is 29.7 Å². The van der Waals surface area contributed by atoms with E-state index in [0.29, 0.717) is 0 Å². The van der Waals surface area contributed by atoms with E-state index in [1.165, 1.54) is 5.56 Å². The molecule has 0 unspecified atom stereocenters. The lowest BCUT2D eigenvalue weighted by Gasteiger charge is -2.14. The monoisotopic (exact) mass is 244 g/mol. The van der Waals surface area contributed by atoms with E-state index in [2.05, 4.69) is 6.07 Å². The molecule has 0 saturated carbocycles. The Morgan fingerprint density at radius 3 is 2.89 bits per heavy atom. The fourth-order valence-corrected chi connectivity index (χ4v) is 2.16. The van der Waals surface area contributed by atoms with Crippen molar-refractivity contribution in [2.45, 2.75) is 19.8 Å². The van der Waals surface area contributed by atoms with E-state index in [4.69, 9.17) is 5.73 Å². The molecule has 1 aliphatic heterocycles. The highest BCUT2D eigenvalue weighted by Crippen LogP contribution is 2.29. The summed E-state index contributed by atoms with van der Waals surface area (Å²) in [5, 5.41) is 0. The fourth-order valence-electron chi connectivity index (χ4n) is 2.16. The van der Waals surface area contributed by atoms with Gasteiger partial charge in [0.2, 0.25) is 11.8 Å². The van der Waals surface area contributed by atoms with Crippen LogP contribution in [0.5, 0.6) is 0 Å². The quantitative estimate of drug-likeness (QED) is 0.875. The summed E-state index contributed by atoms with van der Waals surface area (Å²) >= 11 is 0. The first-order valence-electron chi connectivity index (χ1n) is 5.94. The molecule has 0 spiro atoms. The molecule has 94 valence electrons. The summed E-state index contributed by atoms with van der Waals surface area (Å²) in [7, 11) is 0. The zero-order chi connectivity index (χ0) is 13.1. The molecule has 0 aromatic heterocycles. The Balaban J connectivity index is 2.17. The minimum absolute atomic E-state index is 0.0748. The molecule has 1 aliphatic rings. The number of carbonyl (C=O) groups excluding carboxylic acids is 2. The van der Waals surface area contributed by atoms with Crippen LogP contribution in [0.1, 0.15) is 24.5 Å². The van der Waals surface area contributed by atoms with Gasteiger partial charge in [-0.1, -0.05) is 18.2 Å². The smallest absolute Gasteiger partial charge is 0.223 e. The molecule has 0 atom stereocenters. The number of primary amides is 1. The third kappa shape index (κ3) is 2.59. The molecule has 0 radical (unpaired) electrons. The van der Waals surface area contributed by atoms with E-state index in [-0.39, 0.29) is 18.2 Å². The van der Waals surface area contributed by atoms with Gasteiger partial charge in [0.25, 0.3) is 0 Å². The maximum atomic E-state index is 11.4. The molecule has 2 N–H and O–H groups in total. The largest absolute Gasteiger partial charge is 0.369 e. The number of hydrogen-bond donors (Lipinski definition) is 1. The molecule has 18 heavy (non-hydrogen) atoms. The van der Waals surface area contributed by atoms with Crippen molar-refractivity contribution in [2.24, 2.45) is 5.73 Å². The van der Waals surface area contributed by atoms with Crippen LogP contribution >= 0.6 is 0 Å². The molecule has 1 heterocycles. The fraction of sp³-hybridized carbons (Fsp3) is 0.286. The second kappa shape index (κ2) is 5.04. The van der Waals surface area contributed by atoms with E-state index in [1.54, 1.807) is 17.9 Å². The summed E-state index contributed by atoms with van der Waals surface area (Å²) in [5.41, 5.74) is 8.26. The number of hydrogen-bond acceptors (Lipinski definition) is 2. The number of carbonyl (C=O) groups is 2. The normalized spacial score (nSPS) is 13.9. The van der Waals surface area contributed by atoms with Crippen LogP contribution in [-0.4, -0.2) is 18.4 Å². The second-order valence-corrected chi connectivity index (χ2v) is 4.38. The van der Waals surface area contributed by atoms with Crippen LogP contribution in [0.4, 0.5) is 5.69 Å². The average Bonchev–Trinajstić information content (AvgIpc) is 2.71. The summed E-state index contributed by atoms with van der Waals surface area (Å²) in [6.45, 7) is 2.33. The van der Waals surface area contributed by atoms with Crippen molar-refractivity contribution in [3.63, 3.8) is 0 Å². The van der Waals surface area contributed by atoms with Crippen molar-refractivity contribution in [1.29, 1.82) is 0 Å². The Labute approximate surface area is 106 Å². The average molecular weight is 244 g/mol. The SMILES string of the molecule is CC(=O)N1CCc2cc(C=CCC(N)=O)ccc21. The van der Waals surface area contributed by atoms with Crippen LogP contribution in [0, 0.1) is 0 Å². The molecular formula is C14H16N2O2. The zero-order valence-electron chi connectivity index (χ0n) is 10.3. The molecule has 2 rings (SSSR count). The maximum Gasteiger partial charge on any atom is 0.223 e. The number of amides is 2. The predicted octanol–water partition coefficient (Wildman–Crippen LogP) is 1.48. The summed E-state index contributed by atoms with van der Waals surface area (Å²) < 4.78 is 0. The van der Waals surface area contributed by atoms with Crippen LogP contribution in [-0.2, 0) is 16.0 Å². The number of nitrogens with zero attached hydrogens (tertiary/aromatic N) is 1. The topological polar surface area (TPSA) is 63.4 Å². The van der Waals surface area contributed by atoms with Crippen LogP contribution in [0.15, 0.2) is 24.3 Å². The van der Waals surface area contributed by atoms with Gasteiger partial charge in [-0.15, -0.1) is 0 Å². The first-order valence-corrected chi connectivity index (χ1v) is 5.94. The molecule has 0 saturated heterocycles. The maximum absolute atomic E-state index is 11.4. The van der Waals surface area contributed by atoms with Gasteiger partial charge in [0, 0.05) is 25.6 Å². The van der Waals surface area contributed by atoms with Gasteiger partial charge in [-0.2, -0.15) is 0 Å². The summed E-state index contributed by atoms with van der Waals surface area (Å²) in [6, 6.07) is 5.95. The van der Waals surface area contributed by atoms with Crippen molar-refractivity contribution in [2.75, 3.05) is 11.4 Å². The van der Waals surface area contributed by atoms with Gasteiger partial charge in [-0.3, -0.25) is 9.59 Å². The summed E-state index contributed by atoms with van der Waals surface area (Å²) in [5.74, 6) is -0.263. The highest BCUT2D eigenvalue weighted by Gasteiger charge is 2.21. The number of nitrogens with two attached hydrogens (primary N) is 1. The standard InChI is InChI=1S/C14H16N2O2/c1-10(17)16-8-7-12-9-11(5-6-13(12)16)3-2-4-14(15)18/h2-3,5-6,9H,4,7-8H2,1H3,(H2,15,18). The molecule has 2 amide bonds. The highest BCUT2D eigenvalue weighted by atomic mass is 16.2. The van der Waals surface area contributed by atoms with Crippen LogP contribution in [0.2, 0.25) is 0 Å². The summed E-state index contributed by atoms with van der Waals surface area (Å²) in [4.78, 5) is 23.8. The molecule has 1 aromatic rings. The third-order valence-corrected chi connectivity index (χ3v) is 3.01. The van der Waals surface area contributed by atoms with E-state index < -0.39 is 0 Å². The van der Waals surface area contributed by atoms with Crippen LogP contribution in [0.25, 0.3) is 6.08 Å². The van der Waals surface area contributed by atoms with Crippen molar-refractivity contribution in [3.8, 4) is 0 Å². The van der Waals surface area contributed by atoms with E-state index >= 15 is 0 Å². The Morgan fingerprint density at radius 2 is 2.22 bits per heavy atom. The summed E-state index contributed by atoms with van der Waals surface area (Å²) in [6.07, 6.45) is 4.76. The predicted molar refractivity (Wildman–Crippen MR) is 71.0 cm³/mol. The number of fused-ring (bicyclic) bond motifs is 1. The number of anilines is 1. The Bertz CT molecular complexity index is 521. The van der Waals surface area contributed by atoms with Crippen LogP contribution < -0.4 is 10.6 Å². The Morgan fingerprint density at radius 1 is 1.44 bits per heavy atom. The number of rotatable bonds is 3. The van der Waals surface area contributed by atoms with E-state index in [9.17, 15) is 9.59 Å². The first kappa shape index (κ1) is 12.4. The minimum Gasteiger partial charge on any atom is -0.369 e. The molecule has 4 nitrogen and oxygen atoms in total. The first-order chi connectivity index (χ1) is 8.58. The zero-order valence-corrected chi connectivity index (χ0v) is 10.3. The van der Waals surface area contributed by atoms with Gasteiger partial charge in [0.1, 0.15) is 0 Å². The van der Waals surface area contributed by atoms with Crippen molar-refractivity contribution in [3.05, 3.63) is 35.4 Å². The molecule has 1 aromatic carbocycles. The highest BCUT2D eigenvalue weighted by molar-refractivity contribution is 5.94. The molecular weight excluding hydrogens is 228 g/mol. The third-order valence-electron chi connectivity index (χ3n) is 3.01. The van der Waals surface area contributed by atoms with E-state index in [0.717, 1.165) is 24.2 Å². The molecule has 4 heteroatoms. The lowest BCUT2D eigenvalue weighted by atomic mass is 10.1. The molecule has 0 aliphatic carbocycles. The Kier molecular flexibility index (Phi) is 3.46. The Hall–Kier alpha value is -2.10. The van der Waals surface area contributed by atoms with Crippen molar-refractivity contribution in [1.82, 2.24) is 0 Å². The van der Waals surface area contributed by atoms with E-state index in [1.807, 2.05) is 18.2 Å². The van der Waals surface area contributed by atoms with Gasteiger partial charge < -0.3 is 10.6 Å². The molecule has 0 bridgehead atoms. The second-order valence-electron chi connectivity index (χ2n) is 4.38. The van der Waals surface area contributed by atoms with Gasteiger partial charge in [0.05, 0.1) is 0 Å². The minimum atomic E-state index is -0.338. The van der Waals surface area contributed by atoms with Gasteiger partial charge in [0.15, 0.2) is 0 Å². The van der Waals surface area contributed by atoms with Gasteiger partial charge in [-0.25, -0.2) is 0 Å². The lowest BCUT2D eigenvalue weighted by molar-refractivity contribution is -0.117. The number of benzene rings is 1. The van der Waals surface area contributed by atoms with Crippen LogP contribution in [0.3, 0.4) is 0 Å². The van der Waals surface area contributed by atoms with Crippen molar-refractivity contribution < 1.29 is 9.59 Å². The molecule has 0 fully saturated rings. The van der Waals surface area contributed by atoms with Crippen molar-refractivity contribution >= 4 is 23.6 Å². The van der Waals surface area contributed by atoms with Gasteiger partial charge >= 0.3 is 0 Å².